The Balaban J connectivity index is 1.46. The van der Waals surface area contributed by atoms with Crippen molar-refractivity contribution in [3.05, 3.63) is 12.4 Å². The average molecular weight is 463 g/mol. The van der Waals surface area contributed by atoms with Crippen LogP contribution in [0.15, 0.2) is 17.6 Å². The Morgan fingerprint density at radius 1 is 1.19 bits per heavy atom. The Morgan fingerprint density at radius 3 is 2.41 bits per heavy atom. The van der Waals surface area contributed by atoms with E-state index in [1.165, 1.54) is 6.42 Å². The van der Waals surface area contributed by atoms with Gasteiger partial charge in [-0.2, -0.15) is 0 Å². The number of hydrogen-bond donors (Lipinski definition) is 0. The molecule has 1 aromatic rings. The molecule has 1 atom stereocenters. The number of thioether (sulfide) groups is 1. The van der Waals surface area contributed by atoms with Gasteiger partial charge in [-0.1, -0.05) is 11.8 Å². The number of carbonyl (C=O) groups is 1. The van der Waals surface area contributed by atoms with Crippen molar-refractivity contribution in [1.29, 1.82) is 0 Å². The van der Waals surface area contributed by atoms with Crippen LogP contribution in [0.5, 0.6) is 0 Å². The number of nitrogens with zero attached hydrogens (tertiary/aromatic N) is 3. The zero-order valence-electron chi connectivity index (χ0n) is 20.6. The number of piperidine rings is 1. The second kappa shape index (κ2) is 9.89. The molecule has 0 unspecified atom stereocenters. The first-order valence-corrected chi connectivity index (χ1v) is 12.7. The molecule has 0 N–H and O–H groups in total. The van der Waals surface area contributed by atoms with Crippen molar-refractivity contribution in [3.8, 4) is 0 Å². The van der Waals surface area contributed by atoms with Crippen molar-refractivity contribution in [3.63, 3.8) is 0 Å². The largest absolute Gasteiger partial charge is 0.498 e. The first-order valence-electron chi connectivity index (χ1n) is 11.7. The Morgan fingerprint density at radius 2 is 1.81 bits per heavy atom. The summed E-state index contributed by atoms with van der Waals surface area (Å²) in [5.74, 6) is 0.911. The molecule has 32 heavy (non-hydrogen) atoms. The highest BCUT2D eigenvalue weighted by Crippen LogP contribution is 2.36. The van der Waals surface area contributed by atoms with Gasteiger partial charge in [0.2, 0.25) is 0 Å². The molecule has 178 valence electrons. The standard InChI is InChI=1S/C23H38BN3O4S/c1-21(2,3)29-20(28)27-13-9-8-11-18(27)12-10-14-32-19-25-15-17(16-26-19)24-30-22(4,5)23(6,7)31-24/h15-16,18H,8-14H2,1-7H3/t18-/m1/s1. The maximum absolute atomic E-state index is 12.6. The van der Waals surface area contributed by atoms with Crippen LogP contribution in [0.3, 0.4) is 0 Å². The fraction of sp³-hybridized carbons (Fsp3) is 0.783. The van der Waals surface area contributed by atoms with E-state index in [9.17, 15) is 4.79 Å². The van der Waals surface area contributed by atoms with Crippen LogP contribution in [0, 0.1) is 0 Å². The van der Waals surface area contributed by atoms with Crippen molar-refractivity contribution >= 4 is 30.4 Å². The van der Waals surface area contributed by atoms with Gasteiger partial charge in [-0.25, -0.2) is 14.8 Å². The van der Waals surface area contributed by atoms with Crippen molar-refractivity contribution in [1.82, 2.24) is 14.9 Å². The van der Waals surface area contributed by atoms with E-state index >= 15 is 0 Å². The van der Waals surface area contributed by atoms with Crippen LogP contribution in [0.25, 0.3) is 0 Å². The van der Waals surface area contributed by atoms with Crippen LogP contribution < -0.4 is 5.46 Å². The van der Waals surface area contributed by atoms with Crippen LogP contribution in [-0.4, -0.2) is 63.2 Å². The van der Waals surface area contributed by atoms with E-state index in [0.29, 0.717) is 0 Å². The Hall–Kier alpha value is -1.32. The van der Waals surface area contributed by atoms with Crippen LogP contribution in [-0.2, 0) is 14.0 Å². The Kier molecular flexibility index (Phi) is 7.83. The summed E-state index contributed by atoms with van der Waals surface area (Å²) in [7, 11) is -0.441. The minimum Gasteiger partial charge on any atom is -0.444 e. The van der Waals surface area contributed by atoms with Gasteiger partial charge in [-0.3, -0.25) is 0 Å². The van der Waals surface area contributed by atoms with Gasteiger partial charge in [0.15, 0.2) is 5.16 Å². The third-order valence-corrected chi connectivity index (χ3v) is 7.30. The molecule has 7 nitrogen and oxygen atoms in total. The molecule has 0 radical (unpaired) electrons. The minimum absolute atomic E-state index is 0.184. The van der Waals surface area contributed by atoms with Crippen molar-refractivity contribution in [2.24, 2.45) is 0 Å². The molecule has 1 aromatic heterocycles. The number of likely N-dealkylation sites (tertiary alicyclic amines) is 1. The van der Waals surface area contributed by atoms with Crippen molar-refractivity contribution in [2.45, 2.75) is 109 Å². The molecule has 0 aliphatic carbocycles. The third kappa shape index (κ3) is 6.38. The maximum Gasteiger partial charge on any atom is 0.498 e. The van der Waals surface area contributed by atoms with Gasteiger partial charge in [-0.05, 0) is 80.6 Å². The van der Waals surface area contributed by atoms with Gasteiger partial charge in [0, 0.05) is 36.2 Å². The van der Waals surface area contributed by atoms with E-state index < -0.39 is 12.7 Å². The smallest absolute Gasteiger partial charge is 0.444 e. The lowest BCUT2D eigenvalue weighted by Crippen LogP contribution is -2.46. The minimum atomic E-state index is -0.460. The monoisotopic (exact) mass is 463 g/mol. The highest BCUT2D eigenvalue weighted by atomic mass is 32.2. The number of aromatic nitrogens is 2. The summed E-state index contributed by atoms with van der Waals surface area (Å²) >= 11 is 1.64. The van der Waals surface area contributed by atoms with Gasteiger partial charge in [0.1, 0.15) is 5.60 Å². The molecule has 3 rings (SSSR count). The van der Waals surface area contributed by atoms with Gasteiger partial charge in [-0.15, -0.1) is 0 Å². The van der Waals surface area contributed by atoms with Crippen LogP contribution in [0.4, 0.5) is 4.79 Å². The maximum atomic E-state index is 12.6. The molecule has 9 heteroatoms. The predicted octanol–water partition coefficient (Wildman–Crippen LogP) is 4.44. The summed E-state index contributed by atoms with van der Waals surface area (Å²) in [5, 5.41) is 0.748. The summed E-state index contributed by atoms with van der Waals surface area (Å²) < 4.78 is 17.7. The normalized spacial score (nSPS) is 22.8. The zero-order chi connectivity index (χ0) is 23.6. The Bertz CT molecular complexity index is 766. The molecule has 2 saturated heterocycles. The van der Waals surface area contributed by atoms with Crippen molar-refractivity contribution < 1.29 is 18.8 Å². The van der Waals surface area contributed by atoms with Crippen LogP contribution in [0.1, 0.15) is 80.6 Å². The van der Waals surface area contributed by atoms with E-state index in [4.69, 9.17) is 14.0 Å². The molecule has 3 heterocycles. The molecule has 0 aromatic carbocycles. The second-order valence-electron chi connectivity index (χ2n) is 10.7. The lowest BCUT2D eigenvalue weighted by molar-refractivity contribution is 0.00578. The van der Waals surface area contributed by atoms with Gasteiger partial charge in [0.25, 0.3) is 0 Å². The van der Waals surface area contributed by atoms with E-state index in [1.54, 1.807) is 24.2 Å². The molecular weight excluding hydrogens is 425 g/mol. The average Bonchev–Trinajstić information content (AvgIpc) is 2.92. The van der Waals surface area contributed by atoms with Gasteiger partial charge in [0.05, 0.1) is 11.2 Å². The molecule has 2 fully saturated rings. The second-order valence-corrected chi connectivity index (χ2v) is 11.8. The van der Waals surface area contributed by atoms with Crippen LogP contribution in [0.2, 0.25) is 0 Å². The first kappa shape index (κ1) is 25.3. The quantitative estimate of drug-likeness (QED) is 0.267. The molecule has 0 spiro atoms. The molecule has 2 aliphatic heterocycles. The molecular formula is C23H38BN3O4S. The van der Waals surface area contributed by atoms with E-state index in [-0.39, 0.29) is 23.3 Å². The number of amides is 1. The van der Waals surface area contributed by atoms with Gasteiger partial charge >= 0.3 is 13.2 Å². The topological polar surface area (TPSA) is 73.8 Å². The summed E-state index contributed by atoms with van der Waals surface area (Å²) in [6.45, 7) is 14.7. The van der Waals surface area contributed by atoms with Crippen LogP contribution >= 0.6 is 11.8 Å². The highest BCUT2D eigenvalue weighted by molar-refractivity contribution is 7.99. The van der Waals surface area contributed by atoms with Crippen molar-refractivity contribution in [2.75, 3.05) is 12.3 Å². The lowest BCUT2D eigenvalue weighted by atomic mass is 9.81. The summed E-state index contributed by atoms with van der Waals surface area (Å²) in [5.41, 5.74) is -0.379. The molecule has 1 amide bonds. The van der Waals surface area contributed by atoms with Gasteiger partial charge < -0.3 is 18.9 Å². The molecule has 0 bridgehead atoms. The summed E-state index contributed by atoms with van der Waals surface area (Å²) in [4.78, 5) is 23.5. The predicted molar refractivity (Wildman–Crippen MR) is 128 cm³/mol. The molecule has 2 aliphatic rings. The first-order chi connectivity index (χ1) is 14.9. The number of carbonyl (C=O) groups excluding carboxylic acids is 1. The van der Waals surface area contributed by atoms with E-state index in [0.717, 1.165) is 48.6 Å². The van der Waals surface area contributed by atoms with E-state index in [1.807, 2.05) is 53.4 Å². The summed E-state index contributed by atoms with van der Waals surface area (Å²) in [6.07, 6.45) is 8.63. The van der Waals surface area contributed by atoms with E-state index in [2.05, 4.69) is 9.97 Å². The number of rotatable bonds is 6. The fourth-order valence-corrected chi connectivity index (χ4v) is 4.59. The zero-order valence-corrected chi connectivity index (χ0v) is 21.5. The lowest BCUT2D eigenvalue weighted by Gasteiger charge is -2.36. The number of ether oxygens (including phenoxy) is 1. The SMILES string of the molecule is CC(C)(C)OC(=O)N1CCCC[C@@H]1CCCSc1ncc(B2OC(C)(C)C(C)(C)O2)cn1. The highest BCUT2D eigenvalue weighted by Gasteiger charge is 2.52. The number of hydrogen-bond acceptors (Lipinski definition) is 7. The Labute approximate surface area is 197 Å². The fourth-order valence-electron chi connectivity index (χ4n) is 3.85. The molecule has 0 saturated carbocycles. The third-order valence-electron chi connectivity index (χ3n) is 6.34. The summed E-state index contributed by atoms with van der Waals surface area (Å²) in [6, 6.07) is 0.255.